The Bertz CT molecular complexity index is 1070. The molecule has 0 spiro atoms. The van der Waals surface area contributed by atoms with E-state index in [-0.39, 0.29) is 11.8 Å². The van der Waals surface area contributed by atoms with Gasteiger partial charge in [0.1, 0.15) is 0 Å². The van der Waals surface area contributed by atoms with Crippen molar-refractivity contribution in [2.75, 3.05) is 26.2 Å². The standard InChI is InChI=1S/C22H30N4O4S2/c1-15-19(14-18(31-15)20-23-21(30-24-20)16-6-7-16)32(28,29)26-12-8-17(9-13-26)22(27)25-10-4-2-3-5-11-25/h14,16-17H,2-13H2,1H3. The van der Waals surface area contributed by atoms with E-state index in [0.717, 1.165) is 43.6 Å². The number of nitrogens with zero attached hydrogens (tertiary/aromatic N) is 4. The number of sulfonamides is 1. The summed E-state index contributed by atoms with van der Waals surface area (Å²) < 4.78 is 33.6. The fourth-order valence-electron chi connectivity index (χ4n) is 4.69. The molecule has 8 nitrogen and oxygen atoms in total. The number of aryl methyl sites for hydroxylation is 1. The highest BCUT2D eigenvalue weighted by Gasteiger charge is 2.36. The van der Waals surface area contributed by atoms with Gasteiger partial charge >= 0.3 is 0 Å². The molecule has 2 aromatic heterocycles. The largest absolute Gasteiger partial charge is 0.342 e. The molecule has 0 unspecified atom stereocenters. The zero-order valence-corrected chi connectivity index (χ0v) is 20.1. The lowest BCUT2D eigenvalue weighted by Gasteiger charge is -2.33. The maximum Gasteiger partial charge on any atom is 0.244 e. The first-order chi connectivity index (χ1) is 15.4. The number of amides is 1. The summed E-state index contributed by atoms with van der Waals surface area (Å²) in [6.07, 6.45) is 7.83. The SMILES string of the molecule is Cc1sc(-c2noc(C3CC3)n2)cc1S(=O)(=O)N1CCC(C(=O)N2CCCCCC2)CC1. The van der Waals surface area contributed by atoms with Gasteiger partial charge in [-0.25, -0.2) is 8.42 Å². The Balaban J connectivity index is 1.26. The average Bonchev–Trinajstić information content (AvgIpc) is 3.48. The number of thiophene rings is 1. The Morgan fingerprint density at radius 3 is 2.41 bits per heavy atom. The third-order valence-corrected chi connectivity index (χ3v) is 10.0. The minimum Gasteiger partial charge on any atom is -0.342 e. The number of aromatic nitrogens is 2. The van der Waals surface area contributed by atoms with E-state index in [1.807, 2.05) is 11.8 Å². The first-order valence-corrected chi connectivity index (χ1v) is 13.9. The molecule has 3 aliphatic rings. The molecule has 1 amide bonds. The Labute approximate surface area is 193 Å². The minimum atomic E-state index is -3.62. The van der Waals surface area contributed by atoms with Crippen LogP contribution in [-0.4, -0.2) is 59.8 Å². The van der Waals surface area contributed by atoms with Crippen molar-refractivity contribution in [1.29, 1.82) is 0 Å². The lowest BCUT2D eigenvalue weighted by atomic mass is 9.96. The van der Waals surface area contributed by atoms with Crippen molar-refractivity contribution in [3.8, 4) is 10.7 Å². The second-order valence-electron chi connectivity index (χ2n) is 9.18. The predicted octanol–water partition coefficient (Wildman–Crippen LogP) is 3.79. The van der Waals surface area contributed by atoms with Gasteiger partial charge in [-0.05, 0) is 51.5 Å². The van der Waals surface area contributed by atoms with Gasteiger partial charge in [-0.15, -0.1) is 11.3 Å². The molecular weight excluding hydrogens is 448 g/mol. The van der Waals surface area contributed by atoms with Gasteiger partial charge in [0.15, 0.2) is 0 Å². The van der Waals surface area contributed by atoms with Crippen molar-refractivity contribution in [2.45, 2.75) is 69.1 Å². The lowest BCUT2D eigenvalue weighted by Crippen LogP contribution is -2.44. The Morgan fingerprint density at radius 1 is 1.06 bits per heavy atom. The molecule has 5 rings (SSSR count). The van der Waals surface area contributed by atoms with E-state index in [4.69, 9.17) is 4.52 Å². The van der Waals surface area contributed by atoms with Gasteiger partial charge in [-0.3, -0.25) is 4.79 Å². The third kappa shape index (κ3) is 4.36. The van der Waals surface area contributed by atoms with Crippen LogP contribution in [0.1, 0.15) is 68.1 Å². The average molecular weight is 479 g/mol. The summed E-state index contributed by atoms with van der Waals surface area (Å²) in [5.74, 6) is 1.61. The number of rotatable bonds is 5. The Kier molecular flexibility index (Phi) is 6.11. The van der Waals surface area contributed by atoms with Gasteiger partial charge in [0.2, 0.25) is 27.6 Å². The van der Waals surface area contributed by atoms with E-state index in [2.05, 4.69) is 10.1 Å². The summed E-state index contributed by atoms with van der Waals surface area (Å²) in [6, 6.07) is 1.67. The highest BCUT2D eigenvalue weighted by molar-refractivity contribution is 7.89. The maximum absolute atomic E-state index is 13.4. The molecule has 4 heterocycles. The lowest BCUT2D eigenvalue weighted by molar-refractivity contribution is -0.136. The molecule has 0 radical (unpaired) electrons. The summed E-state index contributed by atoms with van der Waals surface area (Å²) in [6.45, 7) is 4.26. The number of carbonyl (C=O) groups excluding carboxylic acids is 1. The van der Waals surface area contributed by atoms with E-state index in [9.17, 15) is 13.2 Å². The first-order valence-electron chi connectivity index (χ1n) is 11.7. The maximum atomic E-state index is 13.4. The van der Waals surface area contributed by atoms with Gasteiger partial charge in [0.05, 0.1) is 9.77 Å². The van der Waals surface area contributed by atoms with Gasteiger partial charge in [-0.1, -0.05) is 18.0 Å². The van der Waals surface area contributed by atoms with Crippen LogP contribution in [0.2, 0.25) is 0 Å². The molecule has 1 saturated carbocycles. The van der Waals surface area contributed by atoms with Crippen LogP contribution in [0.25, 0.3) is 10.7 Å². The van der Waals surface area contributed by atoms with Crippen LogP contribution in [0.3, 0.4) is 0 Å². The number of hydrogen-bond acceptors (Lipinski definition) is 7. The van der Waals surface area contributed by atoms with Crippen LogP contribution in [0.15, 0.2) is 15.5 Å². The summed E-state index contributed by atoms with van der Waals surface area (Å²) in [7, 11) is -3.62. The van der Waals surface area contributed by atoms with Crippen molar-refractivity contribution in [3.63, 3.8) is 0 Å². The van der Waals surface area contributed by atoms with Crippen LogP contribution in [0.5, 0.6) is 0 Å². The Morgan fingerprint density at radius 2 is 1.75 bits per heavy atom. The topological polar surface area (TPSA) is 96.6 Å². The number of likely N-dealkylation sites (tertiary alicyclic amines) is 1. The molecule has 3 fully saturated rings. The van der Waals surface area contributed by atoms with Crippen molar-refractivity contribution in [1.82, 2.24) is 19.3 Å². The van der Waals surface area contributed by atoms with Crippen molar-refractivity contribution in [3.05, 3.63) is 16.8 Å². The molecular formula is C22H30N4O4S2. The smallest absolute Gasteiger partial charge is 0.244 e. The molecule has 0 aromatic carbocycles. The molecule has 1 aliphatic carbocycles. The molecule has 174 valence electrons. The number of piperidine rings is 1. The van der Waals surface area contributed by atoms with E-state index >= 15 is 0 Å². The predicted molar refractivity (Wildman–Crippen MR) is 121 cm³/mol. The highest BCUT2D eigenvalue weighted by atomic mass is 32.2. The van der Waals surface area contributed by atoms with E-state index < -0.39 is 10.0 Å². The van der Waals surface area contributed by atoms with Crippen LogP contribution >= 0.6 is 11.3 Å². The van der Waals surface area contributed by atoms with Crippen molar-refractivity contribution >= 4 is 27.3 Å². The fourth-order valence-corrected chi connectivity index (χ4v) is 7.65. The summed E-state index contributed by atoms with van der Waals surface area (Å²) in [5.41, 5.74) is 0. The normalized spacial score (nSPS) is 21.6. The van der Waals surface area contributed by atoms with Crippen molar-refractivity contribution < 1.29 is 17.7 Å². The van der Waals surface area contributed by atoms with E-state index in [1.54, 1.807) is 6.07 Å². The van der Waals surface area contributed by atoms with Crippen LogP contribution in [-0.2, 0) is 14.8 Å². The van der Waals surface area contributed by atoms with E-state index in [0.29, 0.717) is 53.3 Å². The second kappa shape index (κ2) is 8.87. The van der Waals surface area contributed by atoms with Crippen LogP contribution in [0, 0.1) is 12.8 Å². The third-order valence-electron chi connectivity index (χ3n) is 6.80. The summed E-state index contributed by atoms with van der Waals surface area (Å²) in [5, 5.41) is 4.05. The monoisotopic (exact) mass is 478 g/mol. The highest BCUT2D eigenvalue weighted by Crippen LogP contribution is 2.41. The summed E-state index contributed by atoms with van der Waals surface area (Å²) in [4.78, 5) is 21.1. The summed E-state index contributed by atoms with van der Waals surface area (Å²) >= 11 is 1.38. The van der Waals surface area contributed by atoms with Gasteiger partial charge in [0, 0.05) is 42.9 Å². The fraction of sp³-hybridized carbons (Fsp3) is 0.682. The quantitative estimate of drug-likeness (QED) is 0.649. The minimum absolute atomic E-state index is 0.0705. The zero-order valence-electron chi connectivity index (χ0n) is 18.5. The molecule has 10 heteroatoms. The Hall–Kier alpha value is -1.78. The molecule has 32 heavy (non-hydrogen) atoms. The molecule has 0 atom stereocenters. The first kappa shape index (κ1) is 22.0. The second-order valence-corrected chi connectivity index (χ2v) is 12.3. The zero-order chi connectivity index (χ0) is 22.3. The molecule has 2 aliphatic heterocycles. The molecule has 0 bridgehead atoms. The van der Waals surface area contributed by atoms with Crippen LogP contribution < -0.4 is 0 Å². The van der Waals surface area contributed by atoms with Gasteiger partial charge in [0.25, 0.3) is 0 Å². The van der Waals surface area contributed by atoms with Gasteiger partial charge in [-0.2, -0.15) is 9.29 Å². The number of hydrogen-bond donors (Lipinski definition) is 0. The molecule has 0 N–H and O–H groups in total. The number of carbonyl (C=O) groups is 1. The van der Waals surface area contributed by atoms with E-state index in [1.165, 1.54) is 28.5 Å². The van der Waals surface area contributed by atoms with Crippen molar-refractivity contribution in [2.24, 2.45) is 5.92 Å². The van der Waals surface area contributed by atoms with Gasteiger partial charge < -0.3 is 9.42 Å². The molecule has 2 aromatic rings. The van der Waals surface area contributed by atoms with Crippen LogP contribution in [0.4, 0.5) is 0 Å². The molecule has 2 saturated heterocycles.